The van der Waals surface area contributed by atoms with Gasteiger partial charge < -0.3 is 19.5 Å². The number of carbonyl (C=O) groups excluding carboxylic acids is 1. The minimum absolute atomic E-state index is 0.100. The summed E-state index contributed by atoms with van der Waals surface area (Å²) in [5.74, 6) is 1.56. The molecule has 7 nitrogen and oxygen atoms in total. The van der Waals surface area contributed by atoms with Crippen molar-refractivity contribution in [3.8, 4) is 5.75 Å². The van der Waals surface area contributed by atoms with Crippen LogP contribution in [0.15, 0.2) is 16.7 Å². The summed E-state index contributed by atoms with van der Waals surface area (Å²) < 4.78 is 9.76. The molecule has 3 rings (SSSR count). The third-order valence-corrected chi connectivity index (χ3v) is 3.88. The molecule has 8 heteroatoms. The van der Waals surface area contributed by atoms with Crippen LogP contribution >= 0.6 is 12.2 Å². The van der Waals surface area contributed by atoms with Crippen LogP contribution < -0.4 is 15.3 Å². The number of nitrogens with two attached hydrogens (primary N) is 1. The Hall–Kier alpha value is -1.22. The lowest BCUT2D eigenvalue weighted by atomic mass is 9.86. The predicted octanol–water partition coefficient (Wildman–Crippen LogP) is 0.793. The zero-order valence-corrected chi connectivity index (χ0v) is 11.7. The number of rotatable bonds is 4. The maximum absolute atomic E-state index is 12.4. The molecule has 2 aliphatic heterocycles. The van der Waals surface area contributed by atoms with Gasteiger partial charge in [-0.05, 0) is 31.3 Å². The van der Waals surface area contributed by atoms with Crippen LogP contribution in [0.3, 0.4) is 0 Å². The van der Waals surface area contributed by atoms with E-state index < -0.39 is 0 Å². The molecule has 110 valence electrons. The average molecular weight is 299 g/mol. The van der Waals surface area contributed by atoms with E-state index in [-0.39, 0.29) is 11.7 Å². The third-order valence-electron chi connectivity index (χ3n) is 3.73. The second-order valence-electron chi connectivity index (χ2n) is 5.23. The van der Waals surface area contributed by atoms with Gasteiger partial charge in [-0.2, -0.15) is 0 Å². The van der Waals surface area contributed by atoms with Crippen molar-refractivity contribution in [2.24, 2.45) is 17.0 Å². The van der Waals surface area contributed by atoms with Crippen LogP contribution in [0.4, 0.5) is 0 Å². The Morgan fingerprint density at radius 3 is 2.90 bits per heavy atom. The van der Waals surface area contributed by atoms with E-state index in [0.717, 1.165) is 26.2 Å². The Morgan fingerprint density at radius 2 is 2.20 bits per heavy atom. The van der Waals surface area contributed by atoms with Gasteiger partial charge in [0.15, 0.2) is 5.76 Å². The molecule has 2 bridgehead atoms. The largest absolute Gasteiger partial charge is 0.455 e. The van der Waals surface area contributed by atoms with Crippen molar-refractivity contribution in [1.82, 2.24) is 10.2 Å². The number of likely N-dealkylation sites (tertiary alicyclic amines) is 1. The Balaban J connectivity index is 1.64. The molecule has 2 unspecified atom stereocenters. The molecular weight excluding hydrogens is 282 g/mol. The number of fused-ring (bicyclic) bond motifs is 2. The first-order valence-corrected chi connectivity index (χ1v) is 7.35. The highest BCUT2D eigenvalue weighted by Gasteiger charge is 2.33. The van der Waals surface area contributed by atoms with Gasteiger partial charge in [-0.15, -0.1) is 0 Å². The van der Waals surface area contributed by atoms with Crippen molar-refractivity contribution >= 4 is 18.1 Å². The van der Waals surface area contributed by atoms with E-state index in [1.54, 1.807) is 0 Å². The van der Waals surface area contributed by atoms with Crippen molar-refractivity contribution in [3.05, 3.63) is 18.1 Å². The summed E-state index contributed by atoms with van der Waals surface area (Å²) in [6.45, 7) is 3.51. The average Bonchev–Trinajstić information content (AvgIpc) is 2.92. The fourth-order valence-electron chi connectivity index (χ4n) is 2.96. The number of hydrogen-bond donors (Lipinski definition) is 2. The van der Waals surface area contributed by atoms with Gasteiger partial charge in [0.25, 0.3) is 5.91 Å². The SMILES string of the molecule is NSOOc1coc(C(=O)N2CC3CNCC(C3)C2)c1. The van der Waals surface area contributed by atoms with Gasteiger partial charge in [0.2, 0.25) is 5.75 Å². The van der Waals surface area contributed by atoms with Crippen LogP contribution in [-0.2, 0) is 4.33 Å². The Kier molecular flexibility index (Phi) is 4.16. The molecule has 0 radical (unpaired) electrons. The molecule has 1 aromatic heterocycles. The number of amides is 1. The number of hydrogen-bond acceptors (Lipinski definition) is 7. The monoisotopic (exact) mass is 299 g/mol. The second kappa shape index (κ2) is 6.04. The fraction of sp³-hybridized carbons (Fsp3) is 0.583. The summed E-state index contributed by atoms with van der Waals surface area (Å²) in [6, 6.07) is 1.52. The first-order valence-electron chi connectivity index (χ1n) is 6.55. The van der Waals surface area contributed by atoms with E-state index in [9.17, 15) is 4.79 Å². The van der Waals surface area contributed by atoms with Crippen LogP contribution in [0, 0.1) is 11.8 Å². The zero-order valence-electron chi connectivity index (χ0n) is 10.9. The number of nitrogens with one attached hydrogen (secondary N) is 1. The van der Waals surface area contributed by atoms with Crippen molar-refractivity contribution in [3.63, 3.8) is 0 Å². The zero-order chi connectivity index (χ0) is 13.9. The molecule has 2 saturated heterocycles. The van der Waals surface area contributed by atoms with Gasteiger partial charge in [-0.25, -0.2) is 0 Å². The summed E-state index contributed by atoms with van der Waals surface area (Å²) in [4.78, 5) is 19.1. The van der Waals surface area contributed by atoms with Gasteiger partial charge in [0.1, 0.15) is 18.5 Å². The molecule has 0 saturated carbocycles. The number of carbonyl (C=O) groups is 1. The second-order valence-corrected chi connectivity index (χ2v) is 5.56. The lowest BCUT2D eigenvalue weighted by Crippen LogP contribution is -2.52. The van der Waals surface area contributed by atoms with E-state index in [1.165, 1.54) is 18.8 Å². The molecule has 2 fully saturated rings. The first kappa shape index (κ1) is 13.7. The van der Waals surface area contributed by atoms with Crippen LogP contribution in [0.2, 0.25) is 0 Å². The molecule has 3 N–H and O–H groups in total. The molecule has 2 aliphatic rings. The molecular formula is C12H17N3O4S. The molecule has 1 aromatic rings. The van der Waals surface area contributed by atoms with Gasteiger partial charge >= 0.3 is 0 Å². The molecule has 20 heavy (non-hydrogen) atoms. The van der Waals surface area contributed by atoms with Gasteiger partial charge in [0, 0.05) is 19.2 Å². The molecule has 0 spiro atoms. The van der Waals surface area contributed by atoms with Gasteiger partial charge in [-0.1, -0.05) is 4.33 Å². The maximum atomic E-state index is 12.4. The predicted molar refractivity (Wildman–Crippen MR) is 72.6 cm³/mol. The maximum Gasteiger partial charge on any atom is 0.289 e. The van der Waals surface area contributed by atoms with Crippen molar-refractivity contribution in [2.45, 2.75) is 6.42 Å². The Labute approximate surface area is 121 Å². The van der Waals surface area contributed by atoms with Crippen LogP contribution in [-0.4, -0.2) is 37.0 Å². The van der Waals surface area contributed by atoms with E-state index >= 15 is 0 Å². The number of furan rings is 1. The molecule has 0 aromatic carbocycles. The highest BCUT2D eigenvalue weighted by atomic mass is 32.2. The summed E-state index contributed by atoms with van der Waals surface area (Å²) in [6.07, 6.45) is 2.53. The molecule has 3 heterocycles. The summed E-state index contributed by atoms with van der Waals surface area (Å²) in [5, 5.41) is 8.47. The van der Waals surface area contributed by atoms with Crippen LogP contribution in [0.1, 0.15) is 17.0 Å². The van der Waals surface area contributed by atoms with E-state index in [4.69, 9.17) is 14.4 Å². The van der Waals surface area contributed by atoms with Crippen molar-refractivity contribution in [1.29, 1.82) is 0 Å². The lowest BCUT2D eigenvalue weighted by Gasteiger charge is -2.41. The summed E-state index contributed by atoms with van der Waals surface area (Å²) >= 11 is 0.587. The minimum atomic E-state index is -0.100. The number of nitrogens with zero attached hydrogens (tertiary/aromatic N) is 1. The van der Waals surface area contributed by atoms with Crippen LogP contribution in [0.25, 0.3) is 0 Å². The Morgan fingerprint density at radius 1 is 1.45 bits per heavy atom. The standard InChI is InChI=1S/C12H17N3O4S/c13-20-19-18-10-2-11(17-7-10)12(16)15-5-8-1-9(6-15)4-14-3-8/h2,7-9,14H,1,3-6,13H2. The van der Waals surface area contributed by atoms with Crippen LogP contribution in [0.5, 0.6) is 5.75 Å². The summed E-state index contributed by atoms with van der Waals surface area (Å²) in [5.41, 5.74) is 0. The molecule has 0 aliphatic carbocycles. The normalized spacial score (nSPS) is 25.6. The molecule has 2 atom stereocenters. The minimum Gasteiger partial charge on any atom is -0.455 e. The number of piperidine rings is 2. The summed E-state index contributed by atoms with van der Waals surface area (Å²) in [7, 11) is 0. The topological polar surface area (TPSA) is 90.0 Å². The molecule has 1 amide bonds. The lowest BCUT2D eigenvalue weighted by molar-refractivity contribution is -0.0782. The quantitative estimate of drug-likeness (QED) is 0.368. The van der Waals surface area contributed by atoms with E-state index in [2.05, 4.69) is 9.65 Å². The third kappa shape index (κ3) is 2.93. The Bertz CT molecular complexity index is 469. The highest BCUT2D eigenvalue weighted by Crippen LogP contribution is 2.26. The first-order chi connectivity index (χ1) is 9.76. The highest BCUT2D eigenvalue weighted by molar-refractivity contribution is 7.92. The van der Waals surface area contributed by atoms with Gasteiger partial charge in [0.05, 0.1) is 0 Å². The van der Waals surface area contributed by atoms with E-state index in [0.29, 0.717) is 29.8 Å². The van der Waals surface area contributed by atoms with E-state index in [1.807, 2.05) is 4.90 Å². The van der Waals surface area contributed by atoms with Crippen molar-refractivity contribution < 1.29 is 18.4 Å². The van der Waals surface area contributed by atoms with Crippen molar-refractivity contribution in [2.75, 3.05) is 26.2 Å². The smallest absolute Gasteiger partial charge is 0.289 e. The van der Waals surface area contributed by atoms with Gasteiger partial charge in [-0.3, -0.25) is 9.93 Å². The fourth-order valence-corrected chi connectivity index (χ4v) is 3.08.